The van der Waals surface area contributed by atoms with E-state index in [-0.39, 0.29) is 35.2 Å². The summed E-state index contributed by atoms with van der Waals surface area (Å²) in [6.07, 6.45) is 0. The number of nitriles is 1. The molecule has 0 radical (unpaired) electrons. The second-order valence-corrected chi connectivity index (χ2v) is 6.57. The zero-order valence-electron chi connectivity index (χ0n) is 10.7. The molecule has 2 rings (SSSR count). The van der Waals surface area contributed by atoms with Crippen molar-refractivity contribution < 1.29 is 23.1 Å². The van der Waals surface area contributed by atoms with Crippen LogP contribution in [0.15, 0.2) is 23.1 Å². The van der Waals surface area contributed by atoms with Gasteiger partial charge >= 0.3 is 5.97 Å². The van der Waals surface area contributed by atoms with Crippen LogP contribution in [0.25, 0.3) is 0 Å². The molecule has 1 aliphatic heterocycles. The number of carboxylic acid groups (broad SMARTS) is 1. The summed E-state index contributed by atoms with van der Waals surface area (Å²) in [5.74, 6) is -1.29. The minimum absolute atomic E-state index is 0.0738. The van der Waals surface area contributed by atoms with E-state index in [0.29, 0.717) is 0 Å². The molecule has 7 nitrogen and oxygen atoms in total. The Bertz CT molecular complexity index is 713. The Labute approximate surface area is 126 Å². The maximum atomic E-state index is 12.6. The third-order valence-electron chi connectivity index (χ3n) is 3.01. The molecule has 0 bridgehead atoms. The molecule has 0 saturated carbocycles. The standard InChI is InChI=1S/C12H11ClN2O5S/c13-9-5-8(6-14)1-2-11(9)21(18,19)15-3-4-20-7-10(15)12(16)17/h1-2,5,10H,3-4,7H2,(H,16,17). The summed E-state index contributed by atoms with van der Waals surface area (Å²) < 4.78 is 31.0. The van der Waals surface area contributed by atoms with Gasteiger partial charge in [0.25, 0.3) is 0 Å². The average Bonchev–Trinajstić information content (AvgIpc) is 2.46. The van der Waals surface area contributed by atoms with Gasteiger partial charge in [0.2, 0.25) is 10.0 Å². The first-order chi connectivity index (χ1) is 9.87. The predicted octanol–water partition coefficient (Wildman–Crippen LogP) is 0.686. The number of benzene rings is 1. The van der Waals surface area contributed by atoms with Crippen molar-refractivity contribution in [2.24, 2.45) is 0 Å². The predicted molar refractivity (Wildman–Crippen MR) is 72.3 cm³/mol. The molecule has 1 unspecified atom stereocenters. The molecule has 1 atom stereocenters. The molecule has 1 aromatic carbocycles. The van der Waals surface area contributed by atoms with E-state index in [4.69, 9.17) is 26.7 Å². The molecule has 0 aliphatic carbocycles. The first-order valence-electron chi connectivity index (χ1n) is 5.90. The van der Waals surface area contributed by atoms with Crippen molar-refractivity contribution in [1.29, 1.82) is 5.26 Å². The largest absolute Gasteiger partial charge is 0.480 e. The Morgan fingerprint density at radius 2 is 2.24 bits per heavy atom. The molecule has 1 aromatic rings. The van der Waals surface area contributed by atoms with Crippen LogP contribution in [0.3, 0.4) is 0 Å². The lowest BCUT2D eigenvalue weighted by Gasteiger charge is -2.32. The van der Waals surface area contributed by atoms with Crippen LogP contribution in [0.1, 0.15) is 5.56 Å². The summed E-state index contributed by atoms with van der Waals surface area (Å²) in [5.41, 5.74) is 0.218. The fraction of sp³-hybridized carbons (Fsp3) is 0.333. The number of ether oxygens (including phenoxy) is 1. The summed E-state index contributed by atoms with van der Waals surface area (Å²) in [7, 11) is -4.08. The highest BCUT2D eigenvalue weighted by atomic mass is 35.5. The molecule has 1 fully saturated rings. The smallest absolute Gasteiger partial charge is 0.324 e. The lowest BCUT2D eigenvalue weighted by Crippen LogP contribution is -2.52. The highest BCUT2D eigenvalue weighted by molar-refractivity contribution is 7.89. The lowest BCUT2D eigenvalue weighted by molar-refractivity contribution is -0.146. The monoisotopic (exact) mass is 330 g/mol. The number of rotatable bonds is 3. The molecule has 0 aromatic heterocycles. The minimum atomic E-state index is -4.08. The highest BCUT2D eigenvalue weighted by Gasteiger charge is 2.39. The van der Waals surface area contributed by atoms with Gasteiger partial charge in [0.05, 0.1) is 29.9 Å². The number of hydrogen-bond donors (Lipinski definition) is 1. The van der Waals surface area contributed by atoms with Gasteiger partial charge in [-0.05, 0) is 18.2 Å². The number of morpholine rings is 1. The van der Waals surface area contributed by atoms with Crippen molar-refractivity contribution >= 4 is 27.6 Å². The van der Waals surface area contributed by atoms with E-state index < -0.39 is 22.0 Å². The van der Waals surface area contributed by atoms with E-state index in [2.05, 4.69) is 0 Å². The van der Waals surface area contributed by atoms with E-state index in [1.807, 2.05) is 6.07 Å². The minimum Gasteiger partial charge on any atom is -0.480 e. The van der Waals surface area contributed by atoms with Crippen LogP contribution in [-0.2, 0) is 19.6 Å². The zero-order valence-corrected chi connectivity index (χ0v) is 12.3. The van der Waals surface area contributed by atoms with Crippen LogP contribution in [-0.4, -0.2) is 49.6 Å². The van der Waals surface area contributed by atoms with E-state index >= 15 is 0 Å². The molecule has 21 heavy (non-hydrogen) atoms. The third-order valence-corrected chi connectivity index (χ3v) is 5.40. The van der Waals surface area contributed by atoms with Gasteiger partial charge in [0.1, 0.15) is 10.9 Å². The van der Waals surface area contributed by atoms with E-state index in [0.717, 1.165) is 4.31 Å². The fourth-order valence-corrected chi connectivity index (χ4v) is 4.05. The Balaban J connectivity index is 2.46. The van der Waals surface area contributed by atoms with E-state index in [9.17, 15) is 13.2 Å². The Hall–Kier alpha value is -1.66. The van der Waals surface area contributed by atoms with Crippen LogP contribution in [0.4, 0.5) is 0 Å². The summed E-state index contributed by atoms with van der Waals surface area (Å²) in [5, 5.41) is 17.7. The van der Waals surface area contributed by atoms with Crippen LogP contribution >= 0.6 is 11.6 Å². The molecular weight excluding hydrogens is 320 g/mol. The van der Waals surface area contributed by atoms with Crippen molar-refractivity contribution in [2.75, 3.05) is 19.8 Å². The topological polar surface area (TPSA) is 108 Å². The van der Waals surface area contributed by atoms with Gasteiger partial charge in [0, 0.05) is 6.54 Å². The second-order valence-electron chi connectivity index (χ2n) is 4.30. The number of sulfonamides is 1. The van der Waals surface area contributed by atoms with Crippen LogP contribution < -0.4 is 0 Å². The van der Waals surface area contributed by atoms with Gasteiger partial charge in [-0.1, -0.05) is 11.6 Å². The zero-order chi connectivity index (χ0) is 15.6. The molecule has 9 heteroatoms. The number of nitrogens with zero attached hydrogens (tertiary/aromatic N) is 2. The average molecular weight is 331 g/mol. The lowest BCUT2D eigenvalue weighted by atomic mass is 10.2. The van der Waals surface area contributed by atoms with Gasteiger partial charge in [-0.3, -0.25) is 4.79 Å². The van der Waals surface area contributed by atoms with Crippen molar-refractivity contribution in [2.45, 2.75) is 10.9 Å². The van der Waals surface area contributed by atoms with Crippen LogP contribution in [0.2, 0.25) is 5.02 Å². The Kier molecular flexibility index (Phi) is 4.49. The van der Waals surface area contributed by atoms with Gasteiger partial charge in [-0.15, -0.1) is 0 Å². The number of hydrogen-bond acceptors (Lipinski definition) is 5. The Morgan fingerprint density at radius 3 is 2.81 bits per heavy atom. The summed E-state index contributed by atoms with van der Waals surface area (Å²) in [6, 6.07) is 4.29. The Morgan fingerprint density at radius 1 is 1.52 bits per heavy atom. The maximum Gasteiger partial charge on any atom is 0.324 e. The fourth-order valence-electron chi connectivity index (χ4n) is 1.98. The SMILES string of the molecule is N#Cc1ccc(S(=O)(=O)N2CCOCC2C(=O)O)c(Cl)c1. The number of carboxylic acids is 1. The molecule has 1 heterocycles. The first kappa shape index (κ1) is 15.7. The van der Waals surface area contributed by atoms with Gasteiger partial charge in [0.15, 0.2) is 0 Å². The summed E-state index contributed by atoms with van der Waals surface area (Å²) in [4.78, 5) is 10.9. The second kappa shape index (κ2) is 5.99. The summed E-state index contributed by atoms with van der Waals surface area (Å²) >= 11 is 5.90. The van der Waals surface area contributed by atoms with Crippen molar-refractivity contribution in [3.63, 3.8) is 0 Å². The molecular formula is C12H11ClN2O5S. The van der Waals surface area contributed by atoms with Gasteiger partial charge in [-0.25, -0.2) is 8.42 Å². The summed E-state index contributed by atoms with van der Waals surface area (Å²) in [6.45, 7) is -0.186. The molecule has 0 spiro atoms. The molecule has 1 N–H and O–H groups in total. The molecule has 1 saturated heterocycles. The highest BCUT2D eigenvalue weighted by Crippen LogP contribution is 2.27. The molecule has 1 aliphatic rings. The van der Waals surface area contributed by atoms with Crippen molar-refractivity contribution in [3.05, 3.63) is 28.8 Å². The van der Waals surface area contributed by atoms with Crippen LogP contribution in [0.5, 0.6) is 0 Å². The van der Waals surface area contributed by atoms with Gasteiger partial charge < -0.3 is 9.84 Å². The van der Waals surface area contributed by atoms with E-state index in [1.165, 1.54) is 18.2 Å². The van der Waals surface area contributed by atoms with Crippen LogP contribution in [0, 0.1) is 11.3 Å². The van der Waals surface area contributed by atoms with E-state index in [1.54, 1.807) is 0 Å². The number of aliphatic carboxylic acids is 1. The quantitative estimate of drug-likeness (QED) is 0.873. The number of halogens is 1. The van der Waals surface area contributed by atoms with Gasteiger partial charge in [-0.2, -0.15) is 9.57 Å². The van der Waals surface area contributed by atoms with Crippen molar-refractivity contribution in [1.82, 2.24) is 4.31 Å². The number of carbonyl (C=O) groups is 1. The normalized spacial score (nSPS) is 19.9. The molecule has 0 amide bonds. The third kappa shape index (κ3) is 3.01. The van der Waals surface area contributed by atoms with Crippen molar-refractivity contribution in [3.8, 4) is 6.07 Å². The first-order valence-corrected chi connectivity index (χ1v) is 7.72. The maximum absolute atomic E-state index is 12.6. The molecule has 112 valence electrons.